The van der Waals surface area contributed by atoms with Crippen molar-refractivity contribution in [3.8, 4) is 0 Å². The number of benzene rings is 1. The van der Waals surface area contributed by atoms with Crippen molar-refractivity contribution in [2.24, 2.45) is 10.9 Å². The molecule has 5 N–H and O–H groups in total. The van der Waals surface area contributed by atoms with Crippen molar-refractivity contribution in [3.63, 3.8) is 0 Å². The number of amidine groups is 1. The fourth-order valence-corrected chi connectivity index (χ4v) is 2.74. The number of rotatable bonds is 6. The normalized spacial score (nSPS) is 13.3. The summed E-state index contributed by atoms with van der Waals surface area (Å²) < 4.78 is 0. The zero-order chi connectivity index (χ0) is 15.2. The van der Waals surface area contributed by atoms with E-state index >= 15 is 0 Å². The number of nitrogens with one attached hydrogen (secondary N) is 1. The minimum Gasteiger partial charge on any atom is -0.409 e. The number of aliphatic hydroxyl groups is 1. The lowest BCUT2D eigenvalue weighted by atomic mass is 10.0. The van der Waals surface area contributed by atoms with Crippen LogP contribution < -0.4 is 11.1 Å². The van der Waals surface area contributed by atoms with Crippen molar-refractivity contribution in [1.29, 1.82) is 0 Å². The molecule has 2 aromatic rings. The molecule has 0 aliphatic rings. The van der Waals surface area contributed by atoms with Gasteiger partial charge in [-0.2, -0.15) is 11.3 Å². The number of thiophene rings is 1. The van der Waals surface area contributed by atoms with Crippen molar-refractivity contribution in [1.82, 2.24) is 5.32 Å². The first kappa shape index (κ1) is 15.5. The molecule has 1 atom stereocenters. The molecule has 0 fully saturated rings. The number of hydrogen-bond acceptors (Lipinski definition) is 5. The summed E-state index contributed by atoms with van der Waals surface area (Å²) in [7, 11) is 0. The van der Waals surface area contributed by atoms with Gasteiger partial charge >= 0.3 is 0 Å². The first-order valence-corrected chi connectivity index (χ1v) is 7.54. The molecule has 1 aromatic heterocycles. The van der Waals surface area contributed by atoms with Crippen LogP contribution in [0.5, 0.6) is 0 Å². The zero-order valence-electron chi connectivity index (χ0n) is 11.8. The van der Waals surface area contributed by atoms with E-state index in [1.807, 2.05) is 41.9 Å². The quantitative estimate of drug-likeness (QED) is 0.284. The average molecular weight is 305 g/mol. The van der Waals surface area contributed by atoms with E-state index in [1.165, 1.54) is 0 Å². The topological polar surface area (TPSA) is 90.9 Å². The summed E-state index contributed by atoms with van der Waals surface area (Å²) in [6.45, 7) is 3.13. The number of nitrogens with zero attached hydrogens (tertiary/aromatic N) is 1. The van der Waals surface area contributed by atoms with Gasteiger partial charge in [0.05, 0.1) is 6.10 Å². The van der Waals surface area contributed by atoms with Gasteiger partial charge in [-0.15, -0.1) is 0 Å². The predicted molar refractivity (Wildman–Crippen MR) is 84.7 cm³/mol. The highest BCUT2D eigenvalue weighted by Gasteiger charge is 2.08. The maximum Gasteiger partial charge on any atom is 0.170 e. The largest absolute Gasteiger partial charge is 0.409 e. The van der Waals surface area contributed by atoms with E-state index in [2.05, 4.69) is 10.5 Å². The van der Waals surface area contributed by atoms with E-state index < -0.39 is 6.10 Å². The Hall–Kier alpha value is -1.89. The maximum atomic E-state index is 9.99. The molecule has 0 amide bonds. The molecule has 6 heteroatoms. The van der Waals surface area contributed by atoms with Gasteiger partial charge in [-0.3, -0.25) is 0 Å². The Labute approximate surface area is 127 Å². The highest BCUT2D eigenvalue weighted by molar-refractivity contribution is 7.07. The third kappa shape index (κ3) is 4.04. The van der Waals surface area contributed by atoms with Crippen LogP contribution in [0.3, 0.4) is 0 Å². The molecule has 1 heterocycles. The molecule has 0 saturated carbocycles. The molecule has 112 valence electrons. The van der Waals surface area contributed by atoms with Gasteiger partial charge in [0, 0.05) is 18.7 Å². The monoisotopic (exact) mass is 305 g/mol. The standard InChI is InChI=1S/C15H19N3O2S/c1-10-6-11(15(16)18-20)2-3-12(10)7-17-8-14(19)13-4-5-21-9-13/h2-6,9,14,17,19-20H,7-8H2,1H3,(H2,16,18). The summed E-state index contributed by atoms with van der Waals surface area (Å²) in [6.07, 6.45) is -0.493. The SMILES string of the molecule is Cc1cc(/C(N)=N/O)ccc1CNCC(O)c1ccsc1. The second-order valence-corrected chi connectivity index (χ2v) is 5.61. The fraction of sp³-hybridized carbons (Fsp3) is 0.267. The van der Waals surface area contributed by atoms with Crippen molar-refractivity contribution >= 4 is 17.2 Å². The van der Waals surface area contributed by atoms with Gasteiger partial charge in [-0.1, -0.05) is 17.3 Å². The summed E-state index contributed by atoms with van der Waals surface area (Å²) in [5.74, 6) is 0.102. The molecular weight excluding hydrogens is 286 g/mol. The number of aryl methyl sites for hydroxylation is 1. The summed E-state index contributed by atoms with van der Waals surface area (Å²) >= 11 is 1.58. The predicted octanol–water partition coefficient (Wildman–Crippen LogP) is 1.97. The van der Waals surface area contributed by atoms with Crippen LogP contribution >= 0.6 is 11.3 Å². The Morgan fingerprint density at radius 1 is 1.43 bits per heavy atom. The molecule has 1 unspecified atom stereocenters. The number of aliphatic hydroxyl groups excluding tert-OH is 1. The van der Waals surface area contributed by atoms with E-state index in [1.54, 1.807) is 11.3 Å². The van der Waals surface area contributed by atoms with Crippen LogP contribution in [0, 0.1) is 6.92 Å². The minimum atomic E-state index is -0.493. The molecule has 1 aromatic carbocycles. The summed E-state index contributed by atoms with van der Waals surface area (Å²) in [5, 5.41) is 28.8. The molecule has 2 rings (SSSR count). The minimum absolute atomic E-state index is 0.102. The van der Waals surface area contributed by atoms with Crippen LogP contribution in [0.15, 0.2) is 40.2 Å². The fourth-order valence-electron chi connectivity index (χ4n) is 2.04. The van der Waals surface area contributed by atoms with Crippen molar-refractivity contribution in [3.05, 3.63) is 57.3 Å². The number of hydrogen-bond donors (Lipinski definition) is 4. The molecular formula is C15H19N3O2S. The van der Waals surface area contributed by atoms with Crippen LogP contribution in [0.2, 0.25) is 0 Å². The summed E-state index contributed by atoms with van der Waals surface area (Å²) in [6, 6.07) is 7.55. The lowest BCUT2D eigenvalue weighted by molar-refractivity contribution is 0.175. The van der Waals surface area contributed by atoms with Crippen molar-refractivity contribution in [2.45, 2.75) is 19.6 Å². The van der Waals surface area contributed by atoms with Crippen LogP contribution in [-0.2, 0) is 6.54 Å². The number of oxime groups is 1. The molecule has 0 aliphatic heterocycles. The molecule has 0 saturated heterocycles. The van der Waals surface area contributed by atoms with Crippen LogP contribution in [0.25, 0.3) is 0 Å². The molecule has 5 nitrogen and oxygen atoms in total. The lowest BCUT2D eigenvalue weighted by Gasteiger charge is -2.12. The Morgan fingerprint density at radius 2 is 2.24 bits per heavy atom. The average Bonchev–Trinajstić information content (AvgIpc) is 3.02. The third-order valence-corrected chi connectivity index (χ3v) is 4.03. The molecule has 0 bridgehead atoms. The Morgan fingerprint density at radius 3 is 2.86 bits per heavy atom. The smallest absolute Gasteiger partial charge is 0.170 e. The first-order valence-electron chi connectivity index (χ1n) is 6.60. The molecule has 0 radical (unpaired) electrons. The van der Waals surface area contributed by atoms with Gasteiger partial charge in [0.25, 0.3) is 0 Å². The maximum absolute atomic E-state index is 9.99. The second-order valence-electron chi connectivity index (χ2n) is 4.83. The van der Waals surface area contributed by atoms with Gasteiger partial charge in [0.2, 0.25) is 0 Å². The lowest BCUT2D eigenvalue weighted by Crippen LogP contribution is -2.21. The molecule has 21 heavy (non-hydrogen) atoms. The highest BCUT2D eigenvalue weighted by atomic mass is 32.1. The van der Waals surface area contributed by atoms with E-state index in [-0.39, 0.29) is 5.84 Å². The van der Waals surface area contributed by atoms with E-state index in [9.17, 15) is 5.11 Å². The second kappa shape index (κ2) is 7.21. The van der Waals surface area contributed by atoms with E-state index in [0.717, 1.165) is 16.7 Å². The van der Waals surface area contributed by atoms with Crippen LogP contribution in [0.1, 0.15) is 28.4 Å². The Kier molecular flexibility index (Phi) is 5.32. The Balaban J connectivity index is 1.92. The summed E-state index contributed by atoms with van der Waals surface area (Å²) in [5.41, 5.74) is 9.35. The molecule has 0 aliphatic carbocycles. The van der Waals surface area contributed by atoms with Gasteiger partial charge < -0.3 is 21.4 Å². The van der Waals surface area contributed by atoms with E-state index in [0.29, 0.717) is 18.7 Å². The van der Waals surface area contributed by atoms with E-state index in [4.69, 9.17) is 10.9 Å². The van der Waals surface area contributed by atoms with Gasteiger partial charge in [-0.05, 0) is 46.5 Å². The van der Waals surface area contributed by atoms with Crippen molar-refractivity contribution in [2.75, 3.05) is 6.54 Å². The zero-order valence-corrected chi connectivity index (χ0v) is 12.6. The number of nitrogens with two attached hydrogens (primary N) is 1. The van der Waals surface area contributed by atoms with Crippen LogP contribution in [-0.4, -0.2) is 22.7 Å². The summed E-state index contributed by atoms with van der Waals surface area (Å²) in [4.78, 5) is 0. The van der Waals surface area contributed by atoms with Gasteiger partial charge in [0.1, 0.15) is 0 Å². The molecule has 0 spiro atoms. The highest BCUT2D eigenvalue weighted by Crippen LogP contribution is 2.16. The third-order valence-electron chi connectivity index (χ3n) is 3.33. The van der Waals surface area contributed by atoms with Crippen molar-refractivity contribution < 1.29 is 10.3 Å². The van der Waals surface area contributed by atoms with Gasteiger partial charge in [0.15, 0.2) is 5.84 Å². The van der Waals surface area contributed by atoms with Gasteiger partial charge in [-0.25, -0.2) is 0 Å². The van der Waals surface area contributed by atoms with Crippen LogP contribution in [0.4, 0.5) is 0 Å². The Bertz CT molecular complexity index is 611. The first-order chi connectivity index (χ1) is 10.1.